The second-order valence-electron chi connectivity index (χ2n) is 4.92. The van der Waals surface area contributed by atoms with Crippen molar-refractivity contribution in [1.82, 2.24) is 4.31 Å². The second kappa shape index (κ2) is 7.92. The molecule has 8 heteroatoms. The van der Waals surface area contributed by atoms with Gasteiger partial charge in [-0.15, -0.1) is 11.3 Å². The lowest BCUT2D eigenvalue weighted by Crippen LogP contribution is -2.28. The molecule has 0 bridgehead atoms. The molecule has 0 fully saturated rings. The highest BCUT2D eigenvalue weighted by Gasteiger charge is 2.21. The molecular weight excluding hydrogens is 356 g/mol. The summed E-state index contributed by atoms with van der Waals surface area (Å²) in [5.74, 6) is -0.158. The molecule has 0 spiro atoms. The molecule has 0 aliphatic carbocycles. The zero-order valence-electron chi connectivity index (χ0n) is 12.5. The number of nitrogens with one attached hydrogen (secondary N) is 1. The van der Waals surface area contributed by atoms with Crippen LogP contribution in [0, 0.1) is 0 Å². The predicted octanol–water partition coefficient (Wildman–Crippen LogP) is 3.44. The third kappa shape index (κ3) is 5.04. The van der Waals surface area contributed by atoms with Gasteiger partial charge in [-0.25, -0.2) is 12.7 Å². The minimum atomic E-state index is -3.45. The van der Waals surface area contributed by atoms with Gasteiger partial charge in [0.05, 0.1) is 0 Å². The van der Waals surface area contributed by atoms with Crippen LogP contribution in [0.5, 0.6) is 0 Å². The first-order chi connectivity index (χ1) is 10.9. The van der Waals surface area contributed by atoms with Gasteiger partial charge in [0, 0.05) is 30.7 Å². The van der Waals surface area contributed by atoms with Crippen LogP contribution in [0.1, 0.15) is 12.8 Å². The lowest BCUT2D eigenvalue weighted by Gasteiger charge is -2.15. The van der Waals surface area contributed by atoms with E-state index in [0.29, 0.717) is 21.3 Å². The molecule has 1 N–H and O–H groups in total. The van der Waals surface area contributed by atoms with Crippen molar-refractivity contribution in [2.45, 2.75) is 17.1 Å². The van der Waals surface area contributed by atoms with Gasteiger partial charge in [-0.1, -0.05) is 17.7 Å². The van der Waals surface area contributed by atoms with E-state index in [9.17, 15) is 13.2 Å². The van der Waals surface area contributed by atoms with Crippen molar-refractivity contribution >= 4 is 44.6 Å². The number of hydrogen-bond donors (Lipinski definition) is 1. The molecule has 1 aromatic heterocycles. The van der Waals surface area contributed by atoms with E-state index in [1.165, 1.54) is 22.7 Å². The number of hydrogen-bond acceptors (Lipinski definition) is 4. The number of carbonyl (C=O) groups excluding carboxylic acids is 1. The highest BCUT2D eigenvalue weighted by atomic mass is 35.5. The number of amides is 1. The molecule has 0 unspecified atom stereocenters. The third-order valence-electron chi connectivity index (χ3n) is 3.16. The van der Waals surface area contributed by atoms with Crippen LogP contribution in [0.4, 0.5) is 5.69 Å². The fourth-order valence-corrected chi connectivity index (χ4v) is 4.44. The second-order valence-corrected chi connectivity index (χ2v) is 8.57. The van der Waals surface area contributed by atoms with E-state index >= 15 is 0 Å². The maximum Gasteiger partial charge on any atom is 0.252 e. The van der Waals surface area contributed by atoms with Crippen molar-refractivity contribution in [3.8, 4) is 0 Å². The molecule has 0 atom stereocenters. The van der Waals surface area contributed by atoms with E-state index in [1.807, 2.05) is 0 Å². The predicted molar refractivity (Wildman–Crippen MR) is 93.5 cm³/mol. The molecule has 1 aromatic carbocycles. The molecule has 2 aromatic rings. The molecule has 0 saturated carbocycles. The summed E-state index contributed by atoms with van der Waals surface area (Å²) in [6.07, 6.45) is 0.688. The lowest BCUT2D eigenvalue weighted by molar-refractivity contribution is -0.116. The largest absolute Gasteiger partial charge is 0.326 e. The summed E-state index contributed by atoms with van der Waals surface area (Å²) in [4.78, 5) is 11.8. The van der Waals surface area contributed by atoms with Crippen LogP contribution in [-0.4, -0.2) is 32.2 Å². The number of carbonyl (C=O) groups is 1. The van der Waals surface area contributed by atoms with Gasteiger partial charge in [0.15, 0.2) is 0 Å². The van der Waals surface area contributed by atoms with E-state index in [4.69, 9.17) is 11.6 Å². The van der Waals surface area contributed by atoms with Gasteiger partial charge >= 0.3 is 0 Å². The maximum absolute atomic E-state index is 12.2. The maximum atomic E-state index is 12.2. The van der Waals surface area contributed by atoms with Crippen LogP contribution in [-0.2, 0) is 14.8 Å². The first kappa shape index (κ1) is 17.9. The van der Waals surface area contributed by atoms with Gasteiger partial charge in [-0.3, -0.25) is 4.79 Å². The van der Waals surface area contributed by atoms with Crippen molar-refractivity contribution < 1.29 is 13.2 Å². The summed E-state index contributed by atoms with van der Waals surface area (Å²) in [7, 11) is -1.93. The van der Waals surface area contributed by atoms with E-state index in [0.717, 1.165) is 0 Å². The Morgan fingerprint density at radius 2 is 1.96 bits per heavy atom. The molecule has 1 heterocycles. The fraction of sp³-hybridized carbons (Fsp3) is 0.267. The summed E-state index contributed by atoms with van der Waals surface area (Å²) in [6.45, 7) is 0.286. The van der Waals surface area contributed by atoms with Crippen LogP contribution in [0.25, 0.3) is 0 Å². The molecule has 23 heavy (non-hydrogen) atoms. The van der Waals surface area contributed by atoms with Gasteiger partial charge in [0.1, 0.15) is 4.21 Å². The first-order valence-electron chi connectivity index (χ1n) is 6.95. The van der Waals surface area contributed by atoms with Gasteiger partial charge in [0.2, 0.25) is 5.91 Å². The molecule has 5 nitrogen and oxygen atoms in total. The minimum absolute atomic E-state index is 0.158. The number of nitrogens with zero attached hydrogens (tertiary/aromatic N) is 1. The highest BCUT2D eigenvalue weighted by Crippen LogP contribution is 2.20. The molecule has 0 aliphatic heterocycles. The highest BCUT2D eigenvalue weighted by molar-refractivity contribution is 7.91. The zero-order valence-corrected chi connectivity index (χ0v) is 14.9. The van der Waals surface area contributed by atoms with Gasteiger partial charge < -0.3 is 5.32 Å². The Morgan fingerprint density at radius 1 is 1.26 bits per heavy atom. The molecule has 0 saturated heterocycles. The Morgan fingerprint density at radius 3 is 2.57 bits per heavy atom. The van der Waals surface area contributed by atoms with Gasteiger partial charge in [0.25, 0.3) is 10.0 Å². The molecule has 0 aliphatic rings. The van der Waals surface area contributed by atoms with Crippen LogP contribution in [0.3, 0.4) is 0 Å². The number of benzene rings is 1. The Kier molecular flexibility index (Phi) is 6.17. The quantitative estimate of drug-likeness (QED) is 0.809. The SMILES string of the molecule is CN(CCCC(=O)Nc1ccc(Cl)cc1)S(=O)(=O)c1cccs1. The van der Waals surface area contributed by atoms with Crippen molar-refractivity contribution in [1.29, 1.82) is 0 Å². The average Bonchev–Trinajstić information content (AvgIpc) is 3.04. The number of halogens is 1. The lowest BCUT2D eigenvalue weighted by atomic mass is 10.2. The van der Waals surface area contributed by atoms with Crippen molar-refractivity contribution in [3.05, 3.63) is 46.8 Å². The van der Waals surface area contributed by atoms with E-state index in [-0.39, 0.29) is 18.9 Å². The van der Waals surface area contributed by atoms with Crippen molar-refractivity contribution in [3.63, 3.8) is 0 Å². The Balaban J connectivity index is 1.80. The van der Waals surface area contributed by atoms with E-state index in [1.54, 1.807) is 41.8 Å². The van der Waals surface area contributed by atoms with Gasteiger partial charge in [-0.2, -0.15) is 0 Å². The van der Waals surface area contributed by atoms with E-state index in [2.05, 4.69) is 5.32 Å². The Bertz CT molecular complexity index is 744. The third-order valence-corrected chi connectivity index (χ3v) is 6.65. The number of thiophene rings is 1. The van der Waals surface area contributed by atoms with Crippen LogP contribution in [0.2, 0.25) is 5.02 Å². The van der Waals surface area contributed by atoms with Crippen molar-refractivity contribution in [2.24, 2.45) is 0 Å². The summed E-state index contributed by atoms with van der Waals surface area (Å²) in [5, 5.41) is 5.07. The Labute approximate surface area is 144 Å². The summed E-state index contributed by atoms with van der Waals surface area (Å²) in [5.41, 5.74) is 0.666. The van der Waals surface area contributed by atoms with E-state index < -0.39 is 10.0 Å². The van der Waals surface area contributed by atoms with Gasteiger partial charge in [-0.05, 0) is 42.1 Å². The minimum Gasteiger partial charge on any atom is -0.326 e. The summed E-state index contributed by atoms with van der Waals surface area (Å²) >= 11 is 6.96. The first-order valence-corrected chi connectivity index (χ1v) is 9.64. The van der Waals surface area contributed by atoms with Crippen LogP contribution >= 0.6 is 22.9 Å². The molecule has 2 rings (SSSR count). The monoisotopic (exact) mass is 372 g/mol. The smallest absolute Gasteiger partial charge is 0.252 e. The zero-order chi connectivity index (χ0) is 16.9. The number of sulfonamides is 1. The van der Waals surface area contributed by atoms with Crippen LogP contribution in [0.15, 0.2) is 46.0 Å². The van der Waals surface area contributed by atoms with Crippen LogP contribution < -0.4 is 5.32 Å². The topological polar surface area (TPSA) is 66.5 Å². The summed E-state index contributed by atoms with van der Waals surface area (Å²) < 4.78 is 26.0. The molecule has 1 amide bonds. The van der Waals surface area contributed by atoms with Crippen molar-refractivity contribution in [2.75, 3.05) is 18.9 Å². The molecular formula is C15H17ClN2O3S2. The average molecular weight is 373 g/mol. The normalized spacial score (nSPS) is 11.6. The number of rotatable bonds is 7. The molecule has 124 valence electrons. The Hall–Kier alpha value is -1.41. The fourth-order valence-electron chi connectivity index (χ4n) is 1.90. The number of anilines is 1. The molecule has 0 radical (unpaired) electrons. The summed E-state index contributed by atoms with van der Waals surface area (Å²) in [6, 6.07) is 10.1. The standard InChI is InChI=1S/C15H17ClN2O3S2/c1-18(23(20,21)15-5-3-11-22-15)10-2-4-14(19)17-13-8-6-12(16)7-9-13/h3,5-9,11H,2,4,10H2,1H3,(H,17,19).